The van der Waals surface area contributed by atoms with Crippen molar-refractivity contribution in [3.8, 4) is 5.75 Å². The topological polar surface area (TPSA) is 50.8 Å². The van der Waals surface area contributed by atoms with E-state index in [2.05, 4.69) is 10.2 Å². The van der Waals surface area contributed by atoms with E-state index in [9.17, 15) is 4.79 Å². The molecular formula is C19H20N2O3. The van der Waals surface area contributed by atoms with Crippen LogP contribution in [0.4, 0.5) is 16.2 Å². The van der Waals surface area contributed by atoms with E-state index in [0.29, 0.717) is 6.61 Å². The van der Waals surface area contributed by atoms with Crippen LogP contribution in [0.25, 0.3) is 0 Å². The fourth-order valence-electron chi connectivity index (χ4n) is 3.34. The lowest BCUT2D eigenvalue weighted by molar-refractivity contribution is 0.155. The van der Waals surface area contributed by atoms with Crippen LogP contribution < -0.4 is 15.0 Å². The van der Waals surface area contributed by atoms with Gasteiger partial charge in [0, 0.05) is 18.3 Å². The van der Waals surface area contributed by atoms with Crippen LogP contribution in [-0.4, -0.2) is 25.8 Å². The van der Waals surface area contributed by atoms with Gasteiger partial charge in [0.15, 0.2) is 0 Å². The van der Waals surface area contributed by atoms with E-state index in [-0.39, 0.29) is 6.61 Å². The monoisotopic (exact) mass is 324 g/mol. The molecule has 2 aromatic rings. The molecule has 0 aromatic heterocycles. The van der Waals surface area contributed by atoms with Crippen molar-refractivity contribution in [3.05, 3.63) is 53.6 Å². The molecule has 2 aliphatic heterocycles. The van der Waals surface area contributed by atoms with Crippen molar-refractivity contribution in [2.45, 2.75) is 19.4 Å². The van der Waals surface area contributed by atoms with Gasteiger partial charge < -0.3 is 14.4 Å². The summed E-state index contributed by atoms with van der Waals surface area (Å²) in [6, 6.07) is 13.6. The summed E-state index contributed by atoms with van der Waals surface area (Å²) in [6.45, 7) is 2.96. The maximum absolute atomic E-state index is 12.0. The Morgan fingerprint density at radius 3 is 2.96 bits per heavy atom. The molecule has 0 atom stereocenters. The Bertz CT molecular complexity index is 715. The minimum absolute atomic E-state index is 0.259. The molecular weight excluding hydrogens is 304 g/mol. The number of hydrogen-bond donors (Lipinski definition) is 1. The molecule has 2 aliphatic rings. The minimum atomic E-state index is -0.450. The molecule has 2 heterocycles. The maximum Gasteiger partial charge on any atom is 0.411 e. The number of nitrogens with zero attached hydrogens (tertiary/aromatic N) is 1. The van der Waals surface area contributed by atoms with Crippen LogP contribution in [0.1, 0.15) is 17.5 Å². The van der Waals surface area contributed by atoms with Gasteiger partial charge in [-0.3, -0.25) is 5.32 Å². The summed E-state index contributed by atoms with van der Waals surface area (Å²) >= 11 is 0. The Hall–Kier alpha value is -2.69. The number of nitrogens with one attached hydrogen (secondary N) is 1. The second kappa shape index (κ2) is 6.43. The molecule has 0 spiro atoms. The Balaban J connectivity index is 1.46. The van der Waals surface area contributed by atoms with E-state index in [1.807, 2.05) is 42.5 Å². The fraction of sp³-hybridized carbons (Fsp3) is 0.316. The quantitative estimate of drug-likeness (QED) is 0.937. The van der Waals surface area contributed by atoms with E-state index in [1.165, 1.54) is 11.3 Å². The molecule has 24 heavy (non-hydrogen) atoms. The van der Waals surface area contributed by atoms with Crippen LogP contribution in [0.2, 0.25) is 0 Å². The number of anilines is 2. The summed E-state index contributed by atoms with van der Waals surface area (Å²) in [5.41, 5.74) is 4.12. The zero-order valence-electron chi connectivity index (χ0n) is 13.5. The molecule has 0 aliphatic carbocycles. The fourth-order valence-corrected chi connectivity index (χ4v) is 3.34. The Labute approximate surface area is 141 Å². The van der Waals surface area contributed by atoms with Gasteiger partial charge in [0.2, 0.25) is 0 Å². The third kappa shape index (κ3) is 3.02. The molecule has 1 amide bonds. The summed E-state index contributed by atoms with van der Waals surface area (Å²) in [7, 11) is 0. The summed E-state index contributed by atoms with van der Waals surface area (Å²) in [6.07, 6.45) is 1.69. The van der Waals surface area contributed by atoms with Crippen LogP contribution >= 0.6 is 0 Å². The predicted octanol–water partition coefficient (Wildman–Crippen LogP) is 3.58. The summed E-state index contributed by atoms with van der Waals surface area (Å²) in [4.78, 5) is 14.4. The molecule has 1 N–H and O–H groups in total. The van der Waals surface area contributed by atoms with Gasteiger partial charge in [0.1, 0.15) is 19.0 Å². The van der Waals surface area contributed by atoms with Crippen LogP contribution in [0, 0.1) is 0 Å². The normalized spacial score (nSPS) is 15.2. The average Bonchev–Trinajstić information content (AvgIpc) is 2.61. The highest BCUT2D eigenvalue weighted by Crippen LogP contribution is 2.40. The van der Waals surface area contributed by atoms with Crippen molar-refractivity contribution < 1.29 is 14.3 Å². The van der Waals surface area contributed by atoms with Crippen molar-refractivity contribution in [2.75, 3.05) is 29.9 Å². The van der Waals surface area contributed by atoms with E-state index < -0.39 is 6.09 Å². The zero-order chi connectivity index (χ0) is 16.4. The highest BCUT2D eigenvalue weighted by molar-refractivity contribution is 5.86. The zero-order valence-corrected chi connectivity index (χ0v) is 13.5. The largest absolute Gasteiger partial charge is 0.489 e. The lowest BCUT2D eigenvalue weighted by Gasteiger charge is -2.36. The first-order valence-electron chi connectivity index (χ1n) is 8.32. The van der Waals surface area contributed by atoms with Gasteiger partial charge in [-0.1, -0.05) is 30.3 Å². The Morgan fingerprint density at radius 1 is 1.21 bits per heavy atom. The molecule has 4 rings (SSSR count). The number of carbonyl (C=O) groups is 1. The standard InChI is InChI=1S/C19H20N2O3/c22-19(24-13-14-5-2-1-3-6-14)20-16-11-15-7-4-8-21-9-10-23-17(12-16)18(15)21/h1-3,5-6,11-12H,4,7-10,13H2,(H,20,22). The van der Waals surface area contributed by atoms with E-state index in [0.717, 1.165) is 42.9 Å². The first-order valence-corrected chi connectivity index (χ1v) is 8.32. The van der Waals surface area contributed by atoms with E-state index in [4.69, 9.17) is 9.47 Å². The lowest BCUT2D eigenvalue weighted by atomic mass is 9.99. The summed E-state index contributed by atoms with van der Waals surface area (Å²) in [5, 5.41) is 2.82. The van der Waals surface area contributed by atoms with E-state index >= 15 is 0 Å². The predicted molar refractivity (Wildman–Crippen MR) is 92.7 cm³/mol. The van der Waals surface area contributed by atoms with Gasteiger partial charge in [0.05, 0.1) is 12.2 Å². The van der Waals surface area contributed by atoms with Crippen molar-refractivity contribution in [3.63, 3.8) is 0 Å². The van der Waals surface area contributed by atoms with Crippen LogP contribution in [0.5, 0.6) is 5.75 Å². The third-order valence-corrected chi connectivity index (χ3v) is 4.42. The van der Waals surface area contributed by atoms with Crippen molar-refractivity contribution >= 4 is 17.5 Å². The molecule has 2 aromatic carbocycles. The summed E-state index contributed by atoms with van der Waals surface area (Å²) in [5.74, 6) is 0.858. The molecule has 0 saturated heterocycles. The summed E-state index contributed by atoms with van der Waals surface area (Å²) < 4.78 is 11.1. The van der Waals surface area contributed by atoms with Crippen molar-refractivity contribution in [1.82, 2.24) is 0 Å². The highest BCUT2D eigenvalue weighted by Gasteiger charge is 2.25. The first-order chi connectivity index (χ1) is 11.8. The second-order valence-corrected chi connectivity index (χ2v) is 6.11. The lowest BCUT2D eigenvalue weighted by Crippen LogP contribution is -2.37. The molecule has 0 fully saturated rings. The van der Waals surface area contributed by atoms with E-state index in [1.54, 1.807) is 0 Å². The number of aryl methyl sites for hydroxylation is 1. The third-order valence-electron chi connectivity index (χ3n) is 4.42. The van der Waals surface area contributed by atoms with Gasteiger partial charge in [-0.25, -0.2) is 4.79 Å². The minimum Gasteiger partial charge on any atom is -0.489 e. The smallest absolute Gasteiger partial charge is 0.411 e. The first kappa shape index (κ1) is 14.9. The van der Waals surface area contributed by atoms with Crippen molar-refractivity contribution in [1.29, 1.82) is 0 Å². The second-order valence-electron chi connectivity index (χ2n) is 6.11. The molecule has 0 unspecified atom stereocenters. The Kier molecular flexibility index (Phi) is 3.99. The number of rotatable bonds is 3. The molecule has 124 valence electrons. The van der Waals surface area contributed by atoms with Gasteiger partial charge in [-0.2, -0.15) is 0 Å². The van der Waals surface area contributed by atoms with Gasteiger partial charge in [-0.05, 0) is 30.0 Å². The maximum atomic E-state index is 12.0. The SMILES string of the molecule is O=C(Nc1cc2c3c(c1)OCCN3CCC2)OCc1ccccc1. The van der Waals surface area contributed by atoms with Gasteiger partial charge >= 0.3 is 6.09 Å². The van der Waals surface area contributed by atoms with Crippen LogP contribution in [0.15, 0.2) is 42.5 Å². The molecule has 0 radical (unpaired) electrons. The van der Waals surface area contributed by atoms with Crippen LogP contribution in [0.3, 0.4) is 0 Å². The molecule has 0 saturated carbocycles. The van der Waals surface area contributed by atoms with Gasteiger partial charge in [-0.15, -0.1) is 0 Å². The number of benzene rings is 2. The number of hydrogen-bond acceptors (Lipinski definition) is 4. The average molecular weight is 324 g/mol. The Morgan fingerprint density at radius 2 is 2.08 bits per heavy atom. The van der Waals surface area contributed by atoms with Gasteiger partial charge in [0.25, 0.3) is 0 Å². The van der Waals surface area contributed by atoms with Crippen molar-refractivity contribution in [2.24, 2.45) is 0 Å². The number of carbonyl (C=O) groups excluding carboxylic acids is 1. The molecule has 5 nitrogen and oxygen atoms in total. The molecule has 0 bridgehead atoms. The number of ether oxygens (including phenoxy) is 2. The van der Waals surface area contributed by atoms with Crippen LogP contribution in [-0.2, 0) is 17.8 Å². The highest BCUT2D eigenvalue weighted by atomic mass is 16.5. The number of amides is 1. The molecule has 5 heteroatoms.